The third-order valence-corrected chi connectivity index (χ3v) is 3.33. The van der Waals surface area contributed by atoms with Crippen molar-refractivity contribution in [3.63, 3.8) is 0 Å². The molecule has 2 aromatic carbocycles. The highest BCUT2D eigenvalue weighted by Crippen LogP contribution is 2.26. The summed E-state index contributed by atoms with van der Waals surface area (Å²) in [7, 11) is 0. The average molecular weight is 329 g/mol. The van der Waals surface area contributed by atoms with Crippen LogP contribution in [0, 0.1) is 0 Å². The van der Waals surface area contributed by atoms with Gasteiger partial charge in [-0.2, -0.15) is 0 Å². The van der Waals surface area contributed by atoms with E-state index in [0.29, 0.717) is 28.1 Å². The van der Waals surface area contributed by atoms with Crippen LogP contribution in [-0.4, -0.2) is 16.2 Å². The Morgan fingerprint density at radius 3 is 2.57 bits per heavy atom. The number of amides is 2. The first-order chi connectivity index (χ1) is 11.2. The first kappa shape index (κ1) is 15.1. The number of rotatable bonds is 4. The van der Waals surface area contributed by atoms with Crippen molar-refractivity contribution in [3.05, 3.63) is 65.5 Å². The van der Waals surface area contributed by atoms with Gasteiger partial charge in [0, 0.05) is 5.69 Å². The zero-order chi connectivity index (χ0) is 16.1. The van der Waals surface area contributed by atoms with E-state index in [1.54, 1.807) is 24.3 Å². The molecule has 0 aliphatic heterocycles. The van der Waals surface area contributed by atoms with Crippen molar-refractivity contribution >= 4 is 23.3 Å². The van der Waals surface area contributed by atoms with Crippen molar-refractivity contribution in [3.8, 4) is 11.5 Å². The van der Waals surface area contributed by atoms with E-state index in [9.17, 15) is 4.79 Å². The van der Waals surface area contributed by atoms with Crippen molar-refractivity contribution < 1.29 is 9.21 Å². The third-order valence-electron chi connectivity index (χ3n) is 3.00. The second-order valence-corrected chi connectivity index (χ2v) is 5.06. The first-order valence-electron chi connectivity index (χ1n) is 6.89. The maximum absolute atomic E-state index is 11.8. The summed E-state index contributed by atoms with van der Waals surface area (Å²) in [6.07, 6.45) is 0. The summed E-state index contributed by atoms with van der Waals surface area (Å²) in [5.74, 6) is 0.610. The smallest absolute Gasteiger partial charge is 0.319 e. The van der Waals surface area contributed by atoms with Gasteiger partial charge in [-0.25, -0.2) is 4.79 Å². The minimum Gasteiger partial charge on any atom is -0.419 e. The van der Waals surface area contributed by atoms with E-state index < -0.39 is 0 Å². The SMILES string of the molecule is O=C(NCc1nnc(-c2ccccc2Cl)o1)Nc1ccccc1. The van der Waals surface area contributed by atoms with Crippen LogP contribution in [0.2, 0.25) is 5.02 Å². The molecule has 0 aliphatic carbocycles. The molecular formula is C16H13ClN4O2. The average Bonchev–Trinajstić information content (AvgIpc) is 3.03. The minimum absolute atomic E-state index is 0.121. The highest BCUT2D eigenvalue weighted by Gasteiger charge is 2.12. The number of para-hydroxylation sites is 1. The number of hydrogen-bond acceptors (Lipinski definition) is 4. The highest BCUT2D eigenvalue weighted by atomic mass is 35.5. The predicted molar refractivity (Wildman–Crippen MR) is 87.0 cm³/mol. The molecule has 3 rings (SSSR count). The number of hydrogen-bond donors (Lipinski definition) is 2. The van der Waals surface area contributed by atoms with E-state index in [4.69, 9.17) is 16.0 Å². The fourth-order valence-electron chi connectivity index (χ4n) is 1.92. The molecule has 0 fully saturated rings. The number of nitrogens with one attached hydrogen (secondary N) is 2. The lowest BCUT2D eigenvalue weighted by atomic mass is 10.2. The quantitative estimate of drug-likeness (QED) is 0.765. The molecule has 7 heteroatoms. The number of anilines is 1. The molecule has 0 bridgehead atoms. The molecule has 2 amide bonds. The number of benzene rings is 2. The number of aromatic nitrogens is 2. The summed E-state index contributed by atoms with van der Waals surface area (Å²) >= 11 is 6.08. The van der Waals surface area contributed by atoms with Gasteiger partial charge in [-0.3, -0.25) is 0 Å². The molecule has 3 aromatic rings. The second-order valence-electron chi connectivity index (χ2n) is 4.65. The summed E-state index contributed by atoms with van der Waals surface area (Å²) in [4.78, 5) is 11.8. The lowest BCUT2D eigenvalue weighted by molar-refractivity contribution is 0.250. The Bertz CT molecular complexity index is 805. The van der Waals surface area contributed by atoms with E-state index in [2.05, 4.69) is 20.8 Å². The molecule has 0 aliphatic rings. The zero-order valence-corrected chi connectivity index (χ0v) is 12.7. The summed E-state index contributed by atoms with van der Waals surface area (Å²) in [5, 5.41) is 13.7. The molecule has 6 nitrogen and oxygen atoms in total. The van der Waals surface area contributed by atoms with Gasteiger partial charge >= 0.3 is 6.03 Å². The van der Waals surface area contributed by atoms with Crippen molar-refractivity contribution in [1.82, 2.24) is 15.5 Å². The topological polar surface area (TPSA) is 80.1 Å². The molecule has 0 saturated heterocycles. The molecule has 0 unspecified atom stereocenters. The number of halogens is 1. The van der Waals surface area contributed by atoms with Gasteiger partial charge in [-0.05, 0) is 24.3 Å². The van der Waals surface area contributed by atoms with Gasteiger partial charge in [0.2, 0.25) is 11.8 Å². The van der Waals surface area contributed by atoms with Crippen LogP contribution in [0.25, 0.3) is 11.5 Å². The van der Waals surface area contributed by atoms with Gasteiger partial charge in [0.25, 0.3) is 0 Å². The molecule has 0 saturated carbocycles. The van der Waals surface area contributed by atoms with Crippen molar-refractivity contribution in [2.45, 2.75) is 6.54 Å². The van der Waals surface area contributed by atoms with Crippen LogP contribution in [0.15, 0.2) is 59.0 Å². The van der Waals surface area contributed by atoms with E-state index in [0.717, 1.165) is 0 Å². The number of nitrogens with zero attached hydrogens (tertiary/aromatic N) is 2. The van der Waals surface area contributed by atoms with Gasteiger partial charge in [-0.15, -0.1) is 10.2 Å². The van der Waals surface area contributed by atoms with Crippen LogP contribution >= 0.6 is 11.6 Å². The van der Waals surface area contributed by atoms with Crippen LogP contribution in [0.5, 0.6) is 0 Å². The minimum atomic E-state index is -0.353. The van der Waals surface area contributed by atoms with Crippen LogP contribution in [0.3, 0.4) is 0 Å². The monoisotopic (exact) mass is 328 g/mol. The van der Waals surface area contributed by atoms with Crippen LogP contribution in [-0.2, 0) is 6.54 Å². The maximum atomic E-state index is 11.8. The number of urea groups is 1. The van der Waals surface area contributed by atoms with Gasteiger partial charge in [0.15, 0.2) is 0 Å². The summed E-state index contributed by atoms with van der Waals surface area (Å²) in [5.41, 5.74) is 1.36. The molecule has 0 atom stereocenters. The number of carbonyl (C=O) groups is 1. The highest BCUT2D eigenvalue weighted by molar-refractivity contribution is 6.33. The van der Waals surface area contributed by atoms with Gasteiger partial charge in [0.05, 0.1) is 17.1 Å². The Hall–Kier alpha value is -2.86. The zero-order valence-electron chi connectivity index (χ0n) is 12.0. The maximum Gasteiger partial charge on any atom is 0.319 e. The Morgan fingerprint density at radius 1 is 1.04 bits per heavy atom. The number of carbonyl (C=O) groups excluding carboxylic acids is 1. The Labute approximate surface area is 137 Å². The van der Waals surface area contributed by atoms with Crippen molar-refractivity contribution in [1.29, 1.82) is 0 Å². The lowest BCUT2D eigenvalue weighted by Gasteiger charge is -2.05. The second kappa shape index (κ2) is 6.93. The molecule has 0 spiro atoms. The Kier molecular flexibility index (Phi) is 4.54. The largest absolute Gasteiger partial charge is 0.419 e. The summed E-state index contributed by atoms with van der Waals surface area (Å²) in [6, 6.07) is 16.0. The van der Waals surface area contributed by atoms with E-state index in [1.165, 1.54) is 0 Å². The van der Waals surface area contributed by atoms with E-state index in [1.807, 2.05) is 30.3 Å². The van der Waals surface area contributed by atoms with Crippen LogP contribution < -0.4 is 10.6 Å². The molecule has 2 N–H and O–H groups in total. The van der Waals surface area contributed by atoms with Crippen molar-refractivity contribution in [2.75, 3.05) is 5.32 Å². The molecule has 23 heavy (non-hydrogen) atoms. The molecule has 1 aromatic heterocycles. The van der Waals surface area contributed by atoms with Gasteiger partial charge in [0.1, 0.15) is 0 Å². The van der Waals surface area contributed by atoms with E-state index >= 15 is 0 Å². The normalized spacial score (nSPS) is 10.3. The van der Waals surface area contributed by atoms with Crippen molar-refractivity contribution in [2.24, 2.45) is 0 Å². The van der Waals surface area contributed by atoms with Gasteiger partial charge in [-0.1, -0.05) is 41.9 Å². The third kappa shape index (κ3) is 3.87. The summed E-state index contributed by atoms with van der Waals surface area (Å²) < 4.78 is 5.50. The summed E-state index contributed by atoms with van der Waals surface area (Å²) in [6.45, 7) is 0.121. The Morgan fingerprint density at radius 2 is 1.78 bits per heavy atom. The molecule has 0 radical (unpaired) electrons. The molecule has 116 valence electrons. The first-order valence-corrected chi connectivity index (χ1v) is 7.27. The molecule has 1 heterocycles. The molecular weight excluding hydrogens is 316 g/mol. The van der Waals surface area contributed by atoms with Gasteiger partial charge < -0.3 is 15.1 Å². The standard InChI is InChI=1S/C16H13ClN4O2/c17-13-9-5-4-8-12(13)15-21-20-14(23-15)10-18-16(22)19-11-6-2-1-3-7-11/h1-9H,10H2,(H2,18,19,22). The fourth-order valence-corrected chi connectivity index (χ4v) is 2.14. The Balaban J connectivity index is 1.59. The lowest BCUT2D eigenvalue weighted by Crippen LogP contribution is -2.28. The van der Waals surface area contributed by atoms with Crippen LogP contribution in [0.1, 0.15) is 5.89 Å². The van der Waals surface area contributed by atoms with E-state index in [-0.39, 0.29) is 12.6 Å². The van der Waals surface area contributed by atoms with Crippen LogP contribution in [0.4, 0.5) is 10.5 Å². The fraction of sp³-hybridized carbons (Fsp3) is 0.0625. The predicted octanol–water partition coefficient (Wildman–Crippen LogP) is 3.71.